The number of ether oxygens (including phenoxy) is 1. The van der Waals surface area contributed by atoms with Crippen LogP contribution in [0.3, 0.4) is 0 Å². The van der Waals surface area contributed by atoms with Crippen molar-refractivity contribution in [2.45, 2.75) is 31.0 Å². The fourth-order valence-corrected chi connectivity index (χ4v) is 4.04. The van der Waals surface area contributed by atoms with Gasteiger partial charge in [-0.2, -0.15) is 18.3 Å². The number of benzene rings is 1. The lowest BCUT2D eigenvalue weighted by atomic mass is 9.83. The van der Waals surface area contributed by atoms with Crippen LogP contribution in [0.4, 0.5) is 17.6 Å². The average molecular weight is 448 g/mol. The van der Waals surface area contributed by atoms with Gasteiger partial charge in [0, 0.05) is 29.8 Å². The summed E-state index contributed by atoms with van der Waals surface area (Å²) in [4.78, 5) is 12.1. The van der Waals surface area contributed by atoms with E-state index in [2.05, 4.69) is 9.84 Å². The van der Waals surface area contributed by atoms with Crippen LogP contribution < -0.4 is 0 Å². The zero-order chi connectivity index (χ0) is 22.4. The van der Waals surface area contributed by atoms with Gasteiger partial charge in [-0.3, -0.25) is 4.68 Å². The molecule has 30 heavy (non-hydrogen) atoms. The molecule has 1 aliphatic carbocycles. The van der Waals surface area contributed by atoms with Crippen LogP contribution in [-0.4, -0.2) is 39.3 Å². The molecule has 11 heteroatoms. The predicted molar refractivity (Wildman–Crippen MR) is 99.7 cm³/mol. The number of hydrogen-bond acceptors (Lipinski definition) is 5. The lowest BCUT2D eigenvalue weighted by molar-refractivity contribution is -0.163. The van der Waals surface area contributed by atoms with E-state index >= 15 is 0 Å². The van der Waals surface area contributed by atoms with Crippen molar-refractivity contribution in [1.82, 2.24) is 9.78 Å². The second kappa shape index (κ2) is 7.66. The third-order valence-electron chi connectivity index (χ3n) is 5.31. The quantitative estimate of drug-likeness (QED) is 0.422. The van der Waals surface area contributed by atoms with Crippen LogP contribution in [0, 0.1) is 17.1 Å². The van der Waals surface area contributed by atoms with Crippen LogP contribution in [0.1, 0.15) is 30.5 Å². The zero-order valence-corrected chi connectivity index (χ0v) is 16.7. The molecule has 3 rings (SSSR count). The van der Waals surface area contributed by atoms with E-state index in [0.717, 1.165) is 23.9 Å². The second-order valence-corrected chi connectivity index (χ2v) is 7.53. The van der Waals surface area contributed by atoms with Crippen molar-refractivity contribution in [3.63, 3.8) is 0 Å². The normalized spacial score (nSPS) is 21.7. The van der Waals surface area contributed by atoms with Gasteiger partial charge < -0.3 is 15.3 Å². The lowest BCUT2D eigenvalue weighted by Crippen LogP contribution is -2.46. The Kier molecular flexibility index (Phi) is 5.68. The van der Waals surface area contributed by atoms with E-state index in [9.17, 15) is 27.5 Å². The number of methoxy groups -OCH3 is 1. The Balaban J connectivity index is 2.08. The Morgan fingerprint density at radius 1 is 1.40 bits per heavy atom. The van der Waals surface area contributed by atoms with Crippen LogP contribution >= 0.6 is 11.6 Å². The molecule has 2 aromatic rings. The van der Waals surface area contributed by atoms with E-state index in [0.29, 0.717) is 12.5 Å². The van der Waals surface area contributed by atoms with E-state index in [-0.39, 0.29) is 40.4 Å². The molecule has 1 heterocycles. The molecular formula is C19H18ClF4N3O3. The Hall–Kier alpha value is -2.46. The predicted octanol–water partition coefficient (Wildman–Crippen LogP) is 3.97. The summed E-state index contributed by atoms with van der Waals surface area (Å²) in [7, 11) is 2.35. The van der Waals surface area contributed by atoms with Gasteiger partial charge in [-0.25, -0.2) is 9.18 Å². The number of nitrogens with one attached hydrogen (secondary N) is 1. The minimum atomic E-state index is -4.71. The largest absolute Gasteiger partial charge is 0.467 e. The van der Waals surface area contributed by atoms with Crippen molar-refractivity contribution in [2.24, 2.45) is 13.0 Å². The molecule has 2 atom stereocenters. The first-order chi connectivity index (χ1) is 13.9. The highest BCUT2D eigenvalue weighted by atomic mass is 35.5. The maximum atomic E-state index is 14.6. The summed E-state index contributed by atoms with van der Waals surface area (Å²) in [5.41, 5.74) is -3.77. The number of aryl methyl sites for hydroxylation is 1. The molecule has 0 aliphatic heterocycles. The van der Waals surface area contributed by atoms with Gasteiger partial charge in [0.25, 0.3) is 0 Å². The molecule has 0 saturated heterocycles. The van der Waals surface area contributed by atoms with Crippen molar-refractivity contribution in [3.8, 4) is 11.3 Å². The number of halogens is 5. The minimum absolute atomic E-state index is 0.00273. The third kappa shape index (κ3) is 3.69. The number of hydrogen-bond donors (Lipinski definition) is 2. The Morgan fingerprint density at radius 2 is 2.07 bits per heavy atom. The molecule has 1 aromatic carbocycles. The monoisotopic (exact) mass is 447 g/mol. The highest BCUT2D eigenvalue weighted by Crippen LogP contribution is 2.41. The van der Waals surface area contributed by atoms with Crippen molar-refractivity contribution in [2.75, 3.05) is 7.11 Å². The van der Waals surface area contributed by atoms with Crippen LogP contribution in [0.15, 0.2) is 18.2 Å². The van der Waals surface area contributed by atoms with E-state index in [1.807, 2.05) is 0 Å². The summed E-state index contributed by atoms with van der Waals surface area (Å²) in [6.45, 7) is 0. The van der Waals surface area contributed by atoms with Gasteiger partial charge in [-0.15, -0.1) is 0 Å². The maximum absolute atomic E-state index is 14.6. The molecule has 162 valence electrons. The number of esters is 1. The summed E-state index contributed by atoms with van der Waals surface area (Å²) in [6.07, 6.45) is -3.90. The summed E-state index contributed by atoms with van der Waals surface area (Å²) in [5.74, 6) is -2.75. The molecular weight excluding hydrogens is 430 g/mol. The molecule has 0 bridgehead atoms. The van der Waals surface area contributed by atoms with Gasteiger partial charge in [0.05, 0.1) is 17.8 Å². The molecule has 1 aliphatic rings. The minimum Gasteiger partial charge on any atom is -0.467 e. The zero-order valence-electron chi connectivity index (χ0n) is 16.0. The van der Waals surface area contributed by atoms with Gasteiger partial charge in [-0.1, -0.05) is 11.6 Å². The first kappa shape index (κ1) is 22.2. The van der Waals surface area contributed by atoms with E-state index < -0.39 is 35.2 Å². The first-order valence-electron chi connectivity index (χ1n) is 8.90. The average Bonchev–Trinajstić information content (AvgIpc) is 3.24. The van der Waals surface area contributed by atoms with Crippen LogP contribution in [0.25, 0.3) is 11.3 Å². The molecule has 0 radical (unpaired) electrons. The fourth-order valence-electron chi connectivity index (χ4n) is 3.79. The third-order valence-corrected chi connectivity index (χ3v) is 5.62. The standard InChI is InChI=1S/C19H18ClF4N3O3/c1-27-14(8-15(26-27)19(22,23)24)10-6-9(12(20)7-13(10)21)16(25)11-4-3-5-18(11,29)17(28)30-2/h6-8,11,25,29H,3-5H2,1-2H3. The number of carbonyl (C=O) groups excluding carboxylic acids is 1. The highest BCUT2D eigenvalue weighted by molar-refractivity contribution is 6.34. The summed E-state index contributed by atoms with van der Waals surface area (Å²) in [6, 6.07) is 2.71. The van der Waals surface area contributed by atoms with Gasteiger partial charge in [0.2, 0.25) is 0 Å². The van der Waals surface area contributed by atoms with Crippen LogP contribution in [-0.2, 0) is 22.8 Å². The summed E-state index contributed by atoms with van der Waals surface area (Å²) >= 11 is 6.11. The second-order valence-electron chi connectivity index (χ2n) is 7.12. The van der Waals surface area contributed by atoms with Gasteiger partial charge in [0.1, 0.15) is 5.82 Å². The molecule has 6 nitrogen and oxygen atoms in total. The molecule has 2 N–H and O–H groups in total. The van der Waals surface area contributed by atoms with Crippen LogP contribution in [0.5, 0.6) is 0 Å². The molecule has 1 saturated carbocycles. The van der Waals surface area contributed by atoms with Gasteiger partial charge in [-0.05, 0) is 37.5 Å². The molecule has 0 amide bonds. The van der Waals surface area contributed by atoms with Crippen molar-refractivity contribution in [1.29, 1.82) is 5.41 Å². The number of rotatable bonds is 4. The van der Waals surface area contributed by atoms with Crippen molar-refractivity contribution >= 4 is 23.3 Å². The van der Waals surface area contributed by atoms with E-state index in [4.69, 9.17) is 17.0 Å². The van der Waals surface area contributed by atoms with Gasteiger partial charge in [0.15, 0.2) is 11.3 Å². The Morgan fingerprint density at radius 3 is 2.63 bits per heavy atom. The lowest BCUT2D eigenvalue weighted by Gasteiger charge is -2.28. The smallest absolute Gasteiger partial charge is 0.435 e. The molecule has 0 spiro atoms. The SMILES string of the molecule is COC(=O)C1(O)CCCC1C(=N)c1cc(-c2cc(C(F)(F)F)nn2C)c(F)cc1Cl. The summed E-state index contributed by atoms with van der Waals surface area (Å²) in [5, 5.41) is 22.5. The highest BCUT2D eigenvalue weighted by Gasteiger charge is 2.51. The Labute approximate surface area is 173 Å². The number of nitrogens with zero attached hydrogens (tertiary/aromatic N) is 2. The first-order valence-corrected chi connectivity index (χ1v) is 9.28. The van der Waals surface area contributed by atoms with E-state index in [1.54, 1.807) is 0 Å². The molecule has 1 aromatic heterocycles. The van der Waals surface area contributed by atoms with Gasteiger partial charge >= 0.3 is 12.1 Å². The van der Waals surface area contributed by atoms with Crippen molar-refractivity contribution in [3.05, 3.63) is 40.3 Å². The topological polar surface area (TPSA) is 88.2 Å². The van der Waals surface area contributed by atoms with E-state index in [1.165, 1.54) is 7.05 Å². The number of carbonyl (C=O) groups is 1. The van der Waals surface area contributed by atoms with Crippen LogP contribution in [0.2, 0.25) is 5.02 Å². The number of aliphatic hydroxyl groups is 1. The fraction of sp³-hybridized carbons (Fsp3) is 0.421. The number of alkyl halides is 3. The molecule has 2 unspecified atom stereocenters. The maximum Gasteiger partial charge on any atom is 0.435 e. The number of aromatic nitrogens is 2. The Bertz CT molecular complexity index is 1020. The van der Waals surface area contributed by atoms with Crippen molar-refractivity contribution < 1.29 is 32.2 Å². The molecule has 1 fully saturated rings. The summed E-state index contributed by atoms with van der Waals surface area (Å²) < 4.78 is 59.0.